The molecule has 0 bridgehead atoms. The summed E-state index contributed by atoms with van der Waals surface area (Å²) in [6.07, 6.45) is 3.53. The lowest BCUT2D eigenvalue weighted by atomic mass is 9.81. The second kappa shape index (κ2) is 8.93. The van der Waals surface area contributed by atoms with Crippen molar-refractivity contribution in [1.82, 2.24) is 0 Å². The third kappa shape index (κ3) is 3.93. The lowest BCUT2D eigenvalue weighted by molar-refractivity contribution is -0.139. The molecule has 2 aliphatic heterocycles. The van der Waals surface area contributed by atoms with Gasteiger partial charge in [-0.1, -0.05) is 18.9 Å². The van der Waals surface area contributed by atoms with Crippen LogP contribution < -0.4 is 19.3 Å². The maximum Gasteiger partial charge on any atom is 0.316 e. The van der Waals surface area contributed by atoms with Gasteiger partial charge in [0, 0.05) is 24.7 Å². The lowest BCUT2D eigenvalue weighted by Crippen LogP contribution is -2.30. The Kier molecular flexibility index (Phi) is 5.81. The first-order chi connectivity index (χ1) is 16.5. The molecule has 1 saturated carbocycles. The number of carbonyl (C=O) groups excluding carboxylic acids is 4. The number of hydrogen-bond acceptors (Lipinski definition) is 6. The average molecular weight is 463 g/mol. The number of benzene rings is 2. The van der Waals surface area contributed by atoms with Crippen LogP contribution in [0.5, 0.6) is 11.5 Å². The van der Waals surface area contributed by atoms with Crippen LogP contribution in [0.3, 0.4) is 0 Å². The van der Waals surface area contributed by atoms with Crippen molar-refractivity contribution in [2.24, 2.45) is 17.8 Å². The molecule has 0 aromatic heterocycles. The van der Waals surface area contributed by atoms with E-state index < -0.39 is 11.9 Å². The summed E-state index contributed by atoms with van der Waals surface area (Å²) in [4.78, 5) is 53.6. The third-order valence-electron chi connectivity index (χ3n) is 6.98. The van der Waals surface area contributed by atoms with Crippen molar-refractivity contribution in [3.05, 3.63) is 48.5 Å². The van der Waals surface area contributed by atoms with Gasteiger partial charge in [-0.25, -0.2) is 0 Å². The second-order valence-electron chi connectivity index (χ2n) is 9.03. The standard InChI is InChI=1S/C26H26N2O6/c1-33-20-6-4-5-18(14-20)27-15-16(13-23(27)29)26(32)34-19-11-9-17(10-12-19)28-24(30)21-7-2-3-8-22(21)25(28)31/h4-6,9-12,14,16,21-22H,2-3,7-8,13,15H2,1H3/t16-,21-,22+/m0/s1. The van der Waals surface area contributed by atoms with Gasteiger partial charge in [0.05, 0.1) is 30.6 Å². The van der Waals surface area contributed by atoms with E-state index in [0.717, 1.165) is 25.7 Å². The summed E-state index contributed by atoms with van der Waals surface area (Å²) in [6, 6.07) is 13.5. The van der Waals surface area contributed by atoms with Crippen LogP contribution in [0.15, 0.2) is 48.5 Å². The van der Waals surface area contributed by atoms with E-state index in [-0.39, 0.29) is 42.5 Å². The minimum Gasteiger partial charge on any atom is -0.497 e. The Hall–Kier alpha value is -3.68. The molecule has 3 fully saturated rings. The van der Waals surface area contributed by atoms with Crippen molar-refractivity contribution < 1.29 is 28.7 Å². The number of ether oxygens (including phenoxy) is 2. The van der Waals surface area contributed by atoms with E-state index in [2.05, 4.69) is 0 Å². The first-order valence-electron chi connectivity index (χ1n) is 11.6. The maximum absolute atomic E-state index is 12.8. The number of fused-ring (bicyclic) bond motifs is 1. The number of imide groups is 1. The normalized spacial score (nSPS) is 24.4. The zero-order chi connectivity index (χ0) is 23.8. The van der Waals surface area contributed by atoms with Crippen molar-refractivity contribution in [2.45, 2.75) is 32.1 Å². The predicted octanol–water partition coefficient (Wildman–Crippen LogP) is 3.33. The summed E-state index contributed by atoms with van der Waals surface area (Å²) in [5.74, 6) is -1.02. The van der Waals surface area contributed by atoms with Crippen LogP contribution in [0.4, 0.5) is 11.4 Å². The van der Waals surface area contributed by atoms with Gasteiger partial charge in [0.2, 0.25) is 17.7 Å². The Labute approximate surface area is 197 Å². The first kappa shape index (κ1) is 22.1. The molecule has 3 atom stereocenters. The number of nitrogens with zero attached hydrogens (tertiary/aromatic N) is 2. The van der Waals surface area contributed by atoms with Crippen LogP contribution in [0.1, 0.15) is 32.1 Å². The number of amides is 3. The van der Waals surface area contributed by atoms with E-state index in [1.165, 1.54) is 4.90 Å². The zero-order valence-corrected chi connectivity index (χ0v) is 18.9. The van der Waals surface area contributed by atoms with Crippen LogP contribution >= 0.6 is 0 Å². The molecule has 1 aliphatic carbocycles. The topological polar surface area (TPSA) is 93.2 Å². The monoisotopic (exact) mass is 462 g/mol. The predicted molar refractivity (Wildman–Crippen MR) is 123 cm³/mol. The van der Waals surface area contributed by atoms with Gasteiger partial charge in [0.15, 0.2) is 0 Å². The summed E-state index contributed by atoms with van der Waals surface area (Å²) in [7, 11) is 1.55. The van der Waals surface area contributed by atoms with Crippen molar-refractivity contribution in [2.75, 3.05) is 23.5 Å². The number of esters is 1. The summed E-state index contributed by atoms with van der Waals surface area (Å²) in [5, 5.41) is 0. The van der Waals surface area contributed by atoms with Gasteiger partial charge in [-0.2, -0.15) is 0 Å². The molecule has 0 spiro atoms. The summed E-state index contributed by atoms with van der Waals surface area (Å²) < 4.78 is 10.7. The molecule has 8 nitrogen and oxygen atoms in total. The van der Waals surface area contributed by atoms with Crippen molar-refractivity contribution in [3.63, 3.8) is 0 Å². The van der Waals surface area contributed by atoms with Gasteiger partial charge in [-0.3, -0.25) is 24.1 Å². The zero-order valence-electron chi connectivity index (χ0n) is 18.9. The highest BCUT2D eigenvalue weighted by molar-refractivity contribution is 6.22. The van der Waals surface area contributed by atoms with Crippen LogP contribution in [0, 0.1) is 17.8 Å². The largest absolute Gasteiger partial charge is 0.497 e. The molecule has 3 amide bonds. The number of hydrogen-bond donors (Lipinski definition) is 0. The number of carbonyl (C=O) groups is 4. The highest BCUT2D eigenvalue weighted by atomic mass is 16.5. The van der Waals surface area contributed by atoms with Gasteiger partial charge >= 0.3 is 5.97 Å². The molecule has 5 rings (SSSR count). The minimum absolute atomic E-state index is 0.0632. The molecular formula is C26H26N2O6. The molecule has 34 heavy (non-hydrogen) atoms. The van der Waals surface area contributed by atoms with Crippen molar-refractivity contribution >= 4 is 35.1 Å². The molecule has 0 N–H and O–H groups in total. The Morgan fingerprint density at radius 2 is 1.56 bits per heavy atom. The molecule has 0 unspecified atom stereocenters. The Morgan fingerprint density at radius 3 is 2.21 bits per heavy atom. The number of rotatable bonds is 5. The van der Waals surface area contributed by atoms with Crippen molar-refractivity contribution in [3.8, 4) is 11.5 Å². The van der Waals surface area contributed by atoms with Gasteiger partial charge in [-0.15, -0.1) is 0 Å². The van der Waals surface area contributed by atoms with Crippen LogP contribution in [0.2, 0.25) is 0 Å². The molecule has 0 radical (unpaired) electrons. The SMILES string of the molecule is COc1cccc(N2C[C@@H](C(=O)Oc3ccc(N4C(=O)[C@H]5CCCC[C@H]5C4=O)cc3)CC2=O)c1. The molecule has 2 heterocycles. The van der Waals surface area contributed by atoms with E-state index in [1.807, 2.05) is 0 Å². The highest BCUT2D eigenvalue weighted by Crippen LogP contribution is 2.40. The smallest absolute Gasteiger partial charge is 0.316 e. The van der Waals surface area contributed by atoms with E-state index in [0.29, 0.717) is 22.9 Å². The molecule has 8 heteroatoms. The molecule has 176 valence electrons. The summed E-state index contributed by atoms with van der Waals surface area (Å²) >= 11 is 0. The Morgan fingerprint density at radius 1 is 0.882 bits per heavy atom. The highest BCUT2D eigenvalue weighted by Gasteiger charge is 2.48. The van der Waals surface area contributed by atoms with E-state index >= 15 is 0 Å². The average Bonchev–Trinajstić information content (AvgIpc) is 3.37. The van der Waals surface area contributed by atoms with Gasteiger partial charge in [0.1, 0.15) is 11.5 Å². The first-order valence-corrected chi connectivity index (χ1v) is 11.6. The number of methoxy groups -OCH3 is 1. The Bertz CT molecular complexity index is 1120. The Balaban J connectivity index is 1.24. The maximum atomic E-state index is 12.8. The van der Waals surface area contributed by atoms with Crippen molar-refractivity contribution in [1.29, 1.82) is 0 Å². The molecule has 3 aliphatic rings. The van der Waals surface area contributed by atoms with E-state index in [1.54, 1.807) is 60.5 Å². The minimum atomic E-state index is -0.594. The molecule has 2 aromatic rings. The molecule has 2 aromatic carbocycles. The van der Waals surface area contributed by atoms with Crippen LogP contribution in [0.25, 0.3) is 0 Å². The third-order valence-corrected chi connectivity index (χ3v) is 6.98. The fraction of sp³-hybridized carbons (Fsp3) is 0.385. The van der Waals surface area contributed by atoms with E-state index in [9.17, 15) is 19.2 Å². The van der Waals surface area contributed by atoms with E-state index in [4.69, 9.17) is 9.47 Å². The van der Waals surface area contributed by atoms with Gasteiger partial charge in [0.25, 0.3) is 0 Å². The molecular weight excluding hydrogens is 436 g/mol. The fourth-order valence-corrected chi connectivity index (χ4v) is 5.17. The summed E-state index contributed by atoms with van der Waals surface area (Å²) in [6.45, 7) is 0.225. The lowest BCUT2D eigenvalue weighted by Gasteiger charge is -2.19. The van der Waals surface area contributed by atoms with Gasteiger partial charge < -0.3 is 14.4 Å². The summed E-state index contributed by atoms with van der Waals surface area (Å²) in [5.41, 5.74) is 1.16. The fourth-order valence-electron chi connectivity index (χ4n) is 5.17. The molecule has 2 saturated heterocycles. The number of anilines is 2. The van der Waals surface area contributed by atoms with Crippen LogP contribution in [-0.2, 0) is 19.2 Å². The second-order valence-corrected chi connectivity index (χ2v) is 9.03. The van der Waals surface area contributed by atoms with Crippen LogP contribution in [-0.4, -0.2) is 37.3 Å². The quantitative estimate of drug-likeness (QED) is 0.384. The van der Waals surface area contributed by atoms with Gasteiger partial charge in [-0.05, 0) is 49.2 Å².